The molecule has 0 saturated carbocycles. The van der Waals surface area contributed by atoms with Gasteiger partial charge in [-0.2, -0.15) is 4.31 Å². The average Bonchev–Trinajstić information content (AvgIpc) is 2.17. The van der Waals surface area contributed by atoms with Gasteiger partial charge in [0.2, 0.25) is 10.0 Å². The quantitative estimate of drug-likeness (QED) is 0.666. The van der Waals surface area contributed by atoms with Gasteiger partial charge < -0.3 is 5.73 Å². The zero-order valence-electron chi connectivity index (χ0n) is 8.16. The van der Waals surface area contributed by atoms with E-state index in [9.17, 15) is 8.42 Å². The van der Waals surface area contributed by atoms with E-state index in [-0.39, 0.29) is 12.0 Å². The van der Waals surface area contributed by atoms with Crippen molar-refractivity contribution < 1.29 is 8.42 Å². The van der Waals surface area contributed by atoms with Gasteiger partial charge in [-0.3, -0.25) is 4.98 Å². The molecule has 2 bridgehead atoms. The van der Waals surface area contributed by atoms with Crippen molar-refractivity contribution in [3.8, 4) is 0 Å². The molecule has 3 aliphatic rings. The van der Waals surface area contributed by atoms with E-state index in [0.29, 0.717) is 4.90 Å². The molecule has 4 unspecified atom stereocenters. The molecule has 0 radical (unpaired) electrons. The minimum atomic E-state index is -3.41. The standard InChI is InChI=1S/C9H11N3O2S/c1-5-8-6-2-3-11-4-7(6)15(13,14)12(5)9(8)10/h2-5,8-9H,10H2,1H3. The zero-order valence-corrected chi connectivity index (χ0v) is 8.98. The maximum atomic E-state index is 12.1. The number of sulfonamides is 1. The fraction of sp³-hybridized carbons (Fsp3) is 0.444. The topological polar surface area (TPSA) is 76.3 Å². The molecule has 15 heavy (non-hydrogen) atoms. The summed E-state index contributed by atoms with van der Waals surface area (Å²) in [5, 5.41) is 0. The van der Waals surface area contributed by atoms with Gasteiger partial charge >= 0.3 is 0 Å². The van der Waals surface area contributed by atoms with Gasteiger partial charge in [0.05, 0.1) is 6.17 Å². The first kappa shape index (κ1) is 9.26. The summed E-state index contributed by atoms with van der Waals surface area (Å²) in [6.07, 6.45) is 2.62. The Hall–Kier alpha value is -0.980. The van der Waals surface area contributed by atoms with Crippen LogP contribution in [0.5, 0.6) is 0 Å². The van der Waals surface area contributed by atoms with Gasteiger partial charge in [-0.1, -0.05) is 0 Å². The first-order chi connectivity index (χ1) is 7.05. The molecule has 1 aromatic heterocycles. The normalized spacial score (nSPS) is 40.4. The molecule has 5 nitrogen and oxygen atoms in total. The van der Waals surface area contributed by atoms with Gasteiger partial charge in [0, 0.05) is 24.4 Å². The lowest BCUT2D eigenvalue weighted by Crippen LogP contribution is -2.69. The molecule has 0 aliphatic carbocycles. The van der Waals surface area contributed by atoms with E-state index < -0.39 is 16.2 Å². The summed E-state index contributed by atoms with van der Waals surface area (Å²) in [4.78, 5) is 4.17. The number of nitrogens with two attached hydrogens (primary N) is 1. The van der Waals surface area contributed by atoms with Gasteiger partial charge in [0.25, 0.3) is 0 Å². The monoisotopic (exact) mass is 225 g/mol. The van der Waals surface area contributed by atoms with Gasteiger partial charge in [-0.05, 0) is 18.6 Å². The molecule has 1 aromatic rings. The molecular weight excluding hydrogens is 214 g/mol. The molecule has 4 rings (SSSR count). The lowest BCUT2D eigenvalue weighted by Gasteiger charge is -2.54. The maximum absolute atomic E-state index is 12.1. The Labute approximate surface area is 88.0 Å². The predicted molar refractivity (Wildman–Crippen MR) is 53.4 cm³/mol. The fourth-order valence-electron chi connectivity index (χ4n) is 2.59. The molecule has 80 valence electrons. The summed E-state index contributed by atoms with van der Waals surface area (Å²) in [7, 11) is -3.41. The second-order valence-electron chi connectivity index (χ2n) is 4.01. The van der Waals surface area contributed by atoms with E-state index >= 15 is 0 Å². The summed E-state index contributed by atoms with van der Waals surface area (Å²) in [5.41, 5.74) is 6.65. The van der Waals surface area contributed by atoms with Crippen LogP contribution in [0.4, 0.5) is 0 Å². The predicted octanol–water partition coefficient (Wildman–Crippen LogP) is -0.144. The molecule has 3 aliphatic heterocycles. The third-order valence-electron chi connectivity index (χ3n) is 3.31. The van der Waals surface area contributed by atoms with Crippen LogP contribution in [0.3, 0.4) is 0 Å². The van der Waals surface area contributed by atoms with Gasteiger partial charge in [-0.15, -0.1) is 0 Å². The smallest absolute Gasteiger partial charge is 0.246 e. The van der Waals surface area contributed by atoms with E-state index in [1.165, 1.54) is 10.5 Å². The molecular formula is C9H11N3O2S. The van der Waals surface area contributed by atoms with E-state index in [1.807, 2.05) is 6.92 Å². The van der Waals surface area contributed by atoms with E-state index in [0.717, 1.165) is 5.56 Å². The summed E-state index contributed by atoms with van der Waals surface area (Å²) < 4.78 is 25.5. The van der Waals surface area contributed by atoms with Crippen LogP contribution in [-0.4, -0.2) is 29.9 Å². The molecule has 1 saturated heterocycles. The highest BCUT2D eigenvalue weighted by molar-refractivity contribution is 7.89. The minimum absolute atomic E-state index is 0.0279. The molecule has 0 aromatic carbocycles. The molecule has 2 N–H and O–H groups in total. The van der Waals surface area contributed by atoms with Crippen LogP contribution in [0.25, 0.3) is 0 Å². The zero-order chi connectivity index (χ0) is 10.8. The summed E-state index contributed by atoms with van der Waals surface area (Å²) in [6.45, 7) is 1.88. The third-order valence-corrected chi connectivity index (χ3v) is 5.34. The Morgan fingerprint density at radius 1 is 1.53 bits per heavy atom. The van der Waals surface area contributed by atoms with Crippen molar-refractivity contribution in [3.63, 3.8) is 0 Å². The van der Waals surface area contributed by atoms with Crippen molar-refractivity contribution in [1.29, 1.82) is 0 Å². The highest BCUT2D eigenvalue weighted by Gasteiger charge is 2.57. The van der Waals surface area contributed by atoms with Gasteiger partial charge in [0.1, 0.15) is 4.90 Å². The number of hydrogen-bond acceptors (Lipinski definition) is 4. The first-order valence-electron chi connectivity index (χ1n) is 4.78. The van der Waals surface area contributed by atoms with E-state index in [4.69, 9.17) is 5.73 Å². The van der Waals surface area contributed by atoms with E-state index in [1.54, 1.807) is 12.3 Å². The molecule has 0 amide bonds. The van der Waals surface area contributed by atoms with Crippen LogP contribution >= 0.6 is 0 Å². The number of aromatic nitrogens is 1. The van der Waals surface area contributed by atoms with Gasteiger partial charge in [0.15, 0.2) is 0 Å². The number of hydrogen-bond donors (Lipinski definition) is 1. The number of nitrogens with zero attached hydrogens (tertiary/aromatic N) is 2. The second-order valence-corrected chi connectivity index (χ2v) is 5.82. The summed E-state index contributed by atoms with van der Waals surface area (Å²) >= 11 is 0. The second kappa shape index (κ2) is 2.58. The Morgan fingerprint density at radius 2 is 2.27 bits per heavy atom. The maximum Gasteiger partial charge on any atom is 0.246 e. The Balaban J connectivity index is 2.33. The van der Waals surface area contributed by atoms with E-state index in [2.05, 4.69) is 4.98 Å². The largest absolute Gasteiger partial charge is 0.314 e. The Kier molecular flexibility index (Phi) is 1.59. The lowest BCUT2D eigenvalue weighted by molar-refractivity contribution is 0.0782. The first-order valence-corrected chi connectivity index (χ1v) is 6.22. The molecule has 0 spiro atoms. The fourth-order valence-corrected chi connectivity index (χ4v) is 4.53. The van der Waals surface area contributed by atoms with Crippen LogP contribution in [0, 0.1) is 0 Å². The molecule has 4 atom stereocenters. The van der Waals surface area contributed by atoms with Crippen molar-refractivity contribution in [1.82, 2.24) is 9.29 Å². The number of pyridine rings is 1. The SMILES string of the molecule is CC1C2c3ccncc3S(=O)(=O)N1C2N. The van der Waals surface area contributed by atoms with Crippen molar-refractivity contribution in [2.75, 3.05) is 0 Å². The lowest BCUT2D eigenvalue weighted by atomic mass is 9.83. The van der Waals surface area contributed by atoms with Gasteiger partial charge in [-0.25, -0.2) is 8.42 Å². The molecule has 6 heteroatoms. The summed E-state index contributed by atoms with van der Waals surface area (Å²) in [5.74, 6) is 0.117. The Morgan fingerprint density at radius 3 is 2.93 bits per heavy atom. The third kappa shape index (κ3) is 0.895. The van der Waals surface area contributed by atoms with Crippen molar-refractivity contribution in [2.24, 2.45) is 5.73 Å². The van der Waals surface area contributed by atoms with Crippen molar-refractivity contribution >= 4 is 10.0 Å². The van der Waals surface area contributed by atoms with Crippen molar-refractivity contribution in [2.45, 2.75) is 29.9 Å². The van der Waals surface area contributed by atoms with Crippen LogP contribution in [0.1, 0.15) is 18.4 Å². The minimum Gasteiger partial charge on any atom is -0.314 e. The van der Waals surface area contributed by atoms with Crippen LogP contribution in [-0.2, 0) is 10.0 Å². The molecule has 1 fully saturated rings. The Bertz CT molecular complexity index is 518. The average molecular weight is 225 g/mol. The highest BCUT2D eigenvalue weighted by Crippen LogP contribution is 2.48. The van der Waals surface area contributed by atoms with Crippen LogP contribution < -0.4 is 5.73 Å². The number of rotatable bonds is 0. The van der Waals surface area contributed by atoms with Crippen molar-refractivity contribution in [3.05, 3.63) is 24.0 Å². The van der Waals surface area contributed by atoms with Crippen LogP contribution in [0.15, 0.2) is 23.4 Å². The van der Waals surface area contributed by atoms with Crippen LogP contribution in [0.2, 0.25) is 0 Å². The summed E-state index contributed by atoms with van der Waals surface area (Å²) in [6, 6.07) is 1.73. The molecule has 4 heterocycles. The highest BCUT2D eigenvalue weighted by atomic mass is 32.2.